The number of hydrogen-bond donors (Lipinski definition) is 3. The highest BCUT2D eigenvalue weighted by molar-refractivity contribution is 5.83. The Morgan fingerprint density at radius 3 is 2.73 bits per heavy atom. The third-order valence-corrected chi connectivity index (χ3v) is 9.46. The molecule has 3 N–H and O–H groups in total. The van der Waals surface area contributed by atoms with Gasteiger partial charge in [-0.2, -0.15) is 0 Å². The molecule has 4 saturated carbocycles. The van der Waals surface area contributed by atoms with Gasteiger partial charge in [0.2, 0.25) is 0 Å². The Morgan fingerprint density at radius 2 is 1.96 bits per heavy atom. The molecular formula is C21H32O5. The van der Waals surface area contributed by atoms with E-state index < -0.39 is 18.3 Å². The molecule has 10 unspecified atom stereocenters. The van der Waals surface area contributed by atoms with Crippen molar-refractivity contribution in [1.29, 1.82) is 0 Å². The normalized spacial score (nSPS) is 58.0. The molecule has 0 aromatic heterocycles. The highest BCUT2D eigenvalue weighted by atomic mass is 16.6. The standard InChI is InChI=1S/C21H32O5/c1-20-7-6-12(23)8-11(20)2-3-13-14-4-5-15(16(24)10-22)21(14)9-17(18(13)20)26-19(21)25/h11-15,17-19,22-23,25H,2-10H2,1H3. The van der Waals surface area contributed by atoms with Crippen LogP contribution in [-0.4, -0.2) is 46.2 Å². The summed E-state index contributed by atoms with van der Waals surface area (Å²) in [5.41, 5.74) is -0.300. The highest BCUT2D eigenvalue weighted by Gasteiger charge is 2.71. The van der Waals surface area contributed by atoms with Gasteiger partial charge in [-0.15, -0.1) is 0 Å². The topological polar surface area (TPSA) is 87.0 Å². The molecule has 0 radical (unpaired) electrons. The van der Waals surface area contributed by atoms with Gasteiger partial charge in [-0.1, -0.05) is 6.92 Å². The number of carbonyl (C=O) groups is 1. The lowest BCUT2D eigenvalue weighted by molar-refractivity contribution is -0.162. The van der Waals surface area contributed by atoms with Gasteiger partial charge in [0.25, 0.3) is 0 Å². The molecular weight excluding hydrogens is 332 g/mol. The number of aliphatic hydroxyl groups is 3. The number of fused-ring (bicyclic) bond motifs is 6. The van der Waals surface area contributed by atoms with Crippen molar-refractivity contribution in [1.82, 2.24) is 0 Å². The SMILES string of the molecule is CC12CCC(O)CC1CCC1C2C2CC3(C(O)O2)C(C(=O)CO)CCC13. The second kappa shape index (κ2) is 5.76. The summed E-state index contributed by atoms with van der Waals surface area (Å²) in [5.74, 6) is 1.42. The van der Waals surface area contributed by atoms with Crippen molar-refractivity contribution >= 4 is 5.78 Å². The quantitative estimate of drug-likeness (QED) is 0.696. The van der Waals surface area contributed by atoms with Crippen molar-refractivity contribution in [2.75, 3.05) is 6.61 Å². The van der Waals surface area contributed by atoms with Crippen LogP contribution in [0.25, 0.3) is 0 Å². The molecule has 0 amide bonds. The summed E-state index contributed by atoms with van der Waals surface area (Å²) >= 11 is 0. The van der Waals surface area contributed by atoms with Gasteiger partial charge >= 0.3 is 0 Å². The highest BCUT2D eigenvalue weighted by Crippen LogP contribution is 2.71. The minimum absolute atomic E-state index is 0.0152. The van der Waals surface area contributed by atoms with Crippen molar-refractivity contribution in [2.24, 2.45) is 40.4 Å². The van der Waals surface area contributed by atoms with Crippen molar-refractivity contribution in [3.8, 4) is 0 Å². The Balaban J connectivity index is 1.53. The van der Waals surface area contributed by atoms with E-state index in [4.69, 9.17) is 4.74 Å². The fourth-order valence-electron chi connectivity index (χ4n) is 8.47. The fraction of sp³-hybridized carbons (Fsp3) is 0.952. The molecule has 5 nitrogen and oxygen atoms in total. The van der Waals surface area contributed by atoms with Crippen molar-refractivity contribution in [3.05, 3.63) is 0 Å². The molecule has 0 aromatic rings. The van der Waals surface area contributed by atoms with Crippen LogP contribution >= 0.6 is 0 Å². The predicted octanol–water partition coefficient (Wildman–Crippen LogP) is 1.87. The van der Waals surface area contributed by atoms with Gasteiger partial charge in [0.05, 0.1) is 12.2 Å². The van der Waals surface area contributed by atoms with E-state index in [1.54, 1.807) is 0 Å². The summed E-state index contributed by atoms with van der Waals surface area (Å²) in [5, 5.41) is 30.6. The van der Waals surface area contributed by atoms with Gasteiger partial charge in [0.1, 0.15) is 6.61 Å². The van der Waals surface area contributed by atoms with Crippen LogP contribution in [-0.2, 0) is 9.53 Å². The summed E-state index contributed by atoms with van der Waals surface area (Å²) in [6.45, 7) is 1.97. The Bertz CT molecular complexity index is 607. The van der Waals surface area contributed by atoms with Crippen LogP contribution in [0.15, 0.2) is 0 Å². The second-order valence-corrected chi connectivity index (χ2v) is 10.1. The molecule has 5 heteroatoms. The van der Waals surface area contributed by atoms with Gasteiger partial charge in [0, 0.05) is 11.3 Å². The Kier molecular flexibility index (Phi) is 3.90. The zero-order chi connectivity index (χ0) is 18.3. The minimum atomic E-state index is -0.873. The zero-order valence-electron chi connectivity index (χ0n) is 15.6. The van der Waals surface area contributed by atoms with E-state index in [2.05, 4.69) is 6.92 Å². The first-order valence-corrected chi connectivity index (χ1v) is 10.6. The molecule has 0 aromatic carbocycles. The summed E-state index contributed by atoms with van der Waals surface area (Å²) in [6.07, 6.45) is 6.55. The lowest BCUT2D eigenvalue weighted by Gasteiger charge is -2.60. The first-order valence-electron chi connectivity index (χ1n) is 10.6. The van der Waals surface area contributed by atoms with Gasteiger partial charge in [0.15, 0.2) is 12.1 Å². The van der Waals surface area contributed by atoms with E-state index in [0.29, 0.717) is 23.7 Å². The van der Waals surface area contributed by atoms with Gasteiger partial charge in [-0.3, -0.25) is 4.79 Å². The summed E-state index contributed by atoms with van der Waals surface area (Å²) in [6, 6.07) is 0. The zero-order valence-corrected chi connectivity index (χ0v) is 15.6. The molecule has 5 fully saturated rings. The monoisotopic (exact) mass is 364 g/mol. The molecule has 5 rings (SSSR count). The number of ketones is 1. The molecule has 10 atom stereocenters. The van der Waals surface area contributed by atoms with E-state index in [1.807, 2.05) is 0 Å². The molecule has 5 aliphatic rings. The Hall–Kier alpha value is -0.490. The van der Waals surface area contributed by atoms with Crippen molar-refractivity contribution < 1.29 is 24.9 Å². The fourth-order valence-corrected chi connectivity index (χ4v) is 8.47. The van der Waals surface area contributed by atoms with Crippen LogP contribution in [0.4, 0.5) is 0 Å². The van der Waals surface area contributed by atoms with E-state index >= 15 is 0 Å². The van der Waals surface area contributed by atoms with E-state index in [1.165, 1.54) is 0 Å². The number of carbonyl (C=O) groups excluding carboxylic acids is 1. The number of hydrogen-bond acceptors (Lipinski definition) is 5. The van der Waals surface area contributed by atoms with Crippen molar-refractivity contribution in [2.45, 2.75) is 76.8 Å². The third kappa shape index (κ3) is 2.04. The maximum Gasteiger partial charge on any atom is 0.162 e. The molecule has 1 aliphatic heterocycles. The Labute approximate surface area is 155 Å². The van der Waals surface area contributed by atoms with Crippen LogP contribution in [0.2, 0.25) is 0 Å². The molecule has 4 aliphatic carbocycles. The molecule has 1 heterocycles. The predicted molar refractivity (Wildman–Crippen MR) is 93.9 cm³/mol. The Morgan fingerprint density at radius 1 is 1.15 bits per heavy atom. The van der Waals surface area contributed by atoms with Gasteiger partial charge < -0.3 is 20.1 Å². The second-order valence-electron chi connectivity index (χ2n) is 10.1. The van der Waals surface area contributed by atoms with E-state index in [0.717, 1.165) is 51.4 Å². The van der Waals surface area contributed by atoms with Crippen LogP contribution in [0.5, 0.6) is 0 Å². The molecule has 146 valence electrons. The number of rotatable bonds is 2. The summed E-state index contributed by atoms with van der Waals surface area (Å²) in [7, 11) is 0. The molecule has 1 saturated heterocycles. The third-order valence-electron chi connectivity index (χ3n) is 9.46. The minimum Gasteiger partial charge on any atom is -0.393 e. The van der Waals surface area contributed by atoms with Crippen molar-refractivity contribution in [3.63, 3.8) is 0 Å². The summed E-state index contributed by atoms with van der Waals surface area (Å²) in [4.78, 5) is 12.4. The van der Waals surface area contributed by atoms with Crippen LogP contribution in [0.3, 0.4) is 0 Å². The van der Waals surface area contributed by atoms with Crippen LogP contribution in [0.1, 0.15) is 58.3 Å². The first-order chi connectivity index (χ1) is 12.4. The lowest BCUT2D eigenvalue weighted by Crippen LogP contribution is -2.58. The number of Topliss-reactive ketones (excluding diaryl/α,β-unsaturated/α-hetero) is 1. The largest absolute Gasteiger partial charge is 0.393 e. The van der Waals surface area contributed by atoms with Gasteiger partial charge in [-0.05, 0) is 80.5 Å². The van der Waals surface area contributed by atoms with Crippen LogP contribution in [0, 0.1) is 40.4 Å². The molecule has 26 heavy (non-hydrogen) atoms. The lowest BCUT2D eigenvalue weighted by atomic mass is 9.44. The van der Waals surface area contributed by atoms with Crippen LogP contribution < -0.4 is 0 Å². The summed E-state index contributed by atoms with van der Waals surface area (Å²) < 4.78 is 6.18. The average molecular weight is 364 g/mol. The first kappa shape index (κ1) is 17.6. The smallest absolute Gasteiger partial charge is 0.162 e. The number of aliphatic hydroxyl groups excluding tert-OH is 3. The molecule has 1 spiro atoms. The van der Waals surface area contributed by atoms with Gasteiger partial charge in [-0.25, -0.2) is 0 Å². The van der Waals surface area contributed by atoms with E-state index in [9.17, 15) is 20.1 Å². The molecule has 2 bridgehead atoms. The van der Waals surface area contributed by atoms with E-state index in [-0.39, 0.29) is 29.3 Å². The number of ether oxygens (including phenoxy) is 1. The average Bonchev–Trinajstić information content (AvgIpc) is 3.14. The maximum absolute atomic E-state index is 12.4. The maximum atomic E-state index is 12.4.